The average molecular weight is 361 g/mol. The molecular formula is C19H28N4OS. The first-order chi connectivity index (χ1) is 11.7. The maximum absolute atomic E-state index is 11.9. The van der Waals surface area contributed by atoms with Crippen LogP contribution in [0.25, 0.3) is 11.4 Å². The molecule has 6 heteroatoms. The third-order valence-electron chi connectivity index (χ3n) is 3.88. The van der Waals surface area contributed by atoms with Crippen LogP contribution >= 0.6 is 11.8 Å². The third-order valence-corrected chi connectivity index (χ3v) is 4.90. The molecule has 1 aromatic heterocycles. The van der Waals surface area contributed by atoms with Gasteiger partial charge in [0, 0.05) is 19.2 Å². The van der Waals surface area contributed by atoms with Crippen LogP contribution in [-0.4, -0.2) is 33.0 Å². The number of nitrogens with one attached hydrogen (secondary N) is 1. The molecule has 2 rings (SSSR count). The van der Waals surface area contributed by atoms with Crippen LogP contribution < -0.4 is 5.32 Å². The highest BCUT2D eigenvalue weighted by atomic mass is 32.2. The van der Waals surface area contributed by atoms with Gasteiger partial charge in [0.05, 0.1) is 5.75 Å². The van der Waals surface area contributed by atoms with E-state index in [1.807, 2.05) is 11.6 Å². The second kappa shape index (κ2) is 8.04. The van der Waals surface area contributed by atoms with Crippen molar-refractivity contribution < 1.29 is 4.79 Å². The van der Waals surface area contributed by atoms with Crippen LogP contribution in [-0.2, 0) is 17.3 Å². The van der Waals surface area contributed by atoms with Gasteiger partial charge in [-0.25, -0.2) is 0 Å². The Morgan fingerprint density at radius 1 is 1.20 bits per heavy atom. The molecule has 1 amide bonds. The topological polar surface area (TPSA) is 59.8 Å². The van der Waals surface area contributed by atoms with Gasteiger partial charge in [0.25, 0.3) is 0 Å². The van der Waals surface area contributed by atoms with Gasteiger partial charge >= 0.3 is 0 Å². The number of aromatic nitrogens is 3. The molecule has 0 fully saturated rings. The van der Waals surface area contributed by atoms with E-state index in [0.29, 0.717) is 18.2 Å². The maximum Gasteiger partial charge on any atom is 0.230 e. The van der Waals surface area contributed by atoms with Crippen molar-refractivity contribution in [1.29, 1.82) is 0 Å². The number of hydrogen-bond donors (Lipinski definition) is 1. The number of carbonyl (C=O) groups excluding carboxylic acids is 1. The Labute approximate surface area is 154 Å². The first kappa shape index (κ1) is 19.5. The van der Waals surface area contributed by atoms with Crippen molar-refractivity contribution in [2.45, 2.75) is 45.2 Å². The van der Waals surface area contributed by atoms with Crippen LogP contribution in [0.3, 0.4) is 0 Å². The summed E-state index contributed by atoms with van der Waals surface area (Å²) in [7, 11) is 1.93. The predicted octanol–water partition coefficient (Wildman–Crippen LogP) is 3.64. The van der Waals surface area contributed by atoms with Crippen molar-refractivity contribution in [2.75, 3.05) is 12.3 Å². The summed E-state index contributed by atoms with van der Waals surface area (Å²) in [6, 6.07) is 8.43. The maximum atomic E-state index is 11.9. The zero-order chi connectivity index (χ0) is 18.6. The molecule has 0 aliphatic carbocycles. The Balaban J connectivity index is 2.04. The van der Waals surface area contributed by atoms with E-state index in [-0.39, 0.29) is 11.3 Å². The van der Waals surface area contributed by atoms with E-state index in [1.165, 1.54) is 17.3 Å². The summed E-state index contributed by atoms with van der Waals surface area (Å²) in [6.07, 6.45) is 0. The number of nitrogens with zero attached hydrogens (tertiary/aromatic N) is 3. The molecule has 0 unspecified atom stereocenters. The first-order valence-corrected chi connectivity index (χ1v) is 9.57. The van der Waals surface area contributed by atoms with Crippen molar-refractivity contribution >= 4 is 17.7 Å². The van der Waals surface area contributed by atoms with E-state index in [0.717, 1.165) is 16.5 Å². The Kier molecular flexibility index (Phi) is 6.27. The second-order valence-corrected chi connectivity index (χ2v) is 8.62. The molecule has 0 saturated heterocycles. The molecule has 0 aliphatic heterocycles. The summed E-state index contributed by atoms with van der Waals surface area (Å²) in [5.41, 5.74) is 2.44. The van der Waals surface area contributed by atoms with Gasteiger partial charge < -0.3 is 9.88 Å². The number of benzene rings is 1. The van der Waals surface area contributed by atoms with Gasteiger partial charge in [-0.05, 0) is 16.9 Å². The summed E-state index contributed by atoms with van der Waals surface area (Å²) < 4.78 is 1.94. The molecule has 0 radical (unpaired) electrons. The second-order valence-electron chi connectivity index (χ2n) is 7.68. The van der Waals surface area contributed by atoms with E-state index < -0.39 is 0 Å². The highest BCUT2D eigenvalue weighted by molar-refractivity contribution is 7.99. The average Bonchev–Trinajstić information content (AvgIpc) is 2.91. The lowest BCUT2D eigenvalue weighted by Gasteiger charge is -2.19. The van der Waals surface area contributed by atoms with Crippen molar-refractivity contribution in [3.8, 4) is 11.4 Å². The van der Waals surface area contributed by atoms with Gasteiger partial charge in [-0.15, -0.1) is 10.2 Å². The molecule has 0 atom stereocenters. The fraction of sp³-hybridized carbons (Fsp3) is 0.526. The zero-order valence-corrected chi connectivity index (χ0v) is 16.8. The number of amides is 1. The Morgan fingerprint density at radius 2 is 1.84 bits per heavy atom. The largest absolute Gasteiger partial charge is 0.355 e. The smallest absolute Gasteiger partial charge is 0.230 e. The van der Waals surface area contributed by atoms with E-state index in [2.05, 4.69) is 74.4 Å². The summed E-state index contributed by atoms with van der Waals surface area (Å²) >= 11 is 1.41. The molecule has 0 bridgehead atoms. The Morgan fingerprint density at radius 3 is 2.40 bits per heavy atom. The lowest BCUT2D eigenvalue weighted by Crippen LogP contribution is -2.28. The molecule has 2 aromatic rings. The lowest BCUT2D eigenvalue weighted by atomic mass is 9.87. The first-order valence-electron chi connectivity index (χ1n) is 8.58. The quantitative estimate of drug-likeness (QED) is 0.799. The SMILES string of the molecule is CC(C)CNC(=O)CSc1nnc(-c2ccc(C(C)(C)C)cc2)n1C. The molecule has 1 N–H and O–H groups in total. The molecule has 5 nitrogen and oxygen atoms in total. The molecule has 0 saturated carbocycles. The molecule has 25 heavy (non-hydrogen) atoms. The standard InChI is InChI=1S/C19H28N4OS/c1-13(2)11-20-16(24)12-25-18-22-21-17(23(18)6)14-7-9-15(10-8-14)19(3,4)5/h7-10,13H,11-12H2,1-6H3,(H,20,24). The third kappa shape index (κ3) is 5.33. The molecule has 0 spiro atoms. The van der Waals surface area contributed by atoms with Crippen LogP contribution in [0, 0.1) is 5.92 Å². The van der Waals surface area contributed by atoms with E-state index in [9.17, 15) is 4.79 Å². The van der Waals surface area contributed by atoms with Crippen LogP contribution in [0.1, 0.15) is 40.2 Å². The Bertz CT molecular complexity index is 714. The summed E-state index contributed by atoms with van der Waals surface area (Å²) in [5.74, 6) is 1.64. The number of hydrogen-bond acceptors (Lipinski definition) is 4. The Hall–Kier alpha value is -1.82. The fourth-order valence-electron chi connectivity index (χ4n) is 2.31. The summed E-state index contributed by atoms with van der Waals surface area (Å²) in [4.78, 5) is 11.9. The lowest BCUT2D eigenvalue weighted by molar-refractivity contribution is -0.118. The van der Waals surface area contributed by atoms with Crippen LogP contribution in [0.15, 0.2) is 29.4 Å². The van der Waals surface area contributed by atoms with Crippen molar-refractivity contribution in [2.24, 2.45) is 13.0 Å². The normalized spacial score (nSPS) is 11.8. The fourth-order valence-corrected chi connectivity index (χ4v) is 3.05. The minimum atomic E-state index is 0.0257. The van der Waals surface area contributed by atoms with Gasteiger partial charge in [-0.3, -0.25) is 4.79 Å². The minimum Gasteiger partial charge on any atom is -0.355 e. The molecule has 1 aromatic carbocycles. The molecule has 136 valence electrons. The highest BCUT2D eigenvalue weighted by Crippen LogP contribution is 2.26. The van der Waals surface area contributed by atoms with Crippen LogP contribution in [0.2, 0.25) is 0 Å². The van der Waals surface area contributed by atoms with Gasteiger partial charge in [-0.1, -0.05) is 70.6 Å². The van der Waals surface area contributed by atoms with Gasteiger partial charge in [-0.2, -0.15) is 0 Å². The van der Waals surface area contributed by atoms with E-state index >= 15 is 0 Å². The molecular weight excluding hydrogens is 332 g/mol. The number of thioether (sulfide) groups is 1. The molecule has 0 aliphatic rings. The minimum absolute atomic E-state index is 0.0257. The number of rotatable bonds is 6. The van der Waals surface area contributed by atoms with Gasteiger partial charge in [0.2, 0.25) is 5.91 Å². The summed E-state index contributed by atoms with van der Waals surface area (Å²) in [6.45, 7) is 11.4. The van der Waals surface area contributed by atoms with E-state index in [1.54, 1.807) is 0 Å². The van der Waals surface area contributed by atoms with Crippen LogP contribution in [0.4, 0.5) is 0 Å². The van der Waals surface area contributed by atoms with Crippen molar-refractivity contribution in [3.63, 3.8) is 0 Å². The zero-order valence-electron chi connectivity index (χ0n) is 16.0. The highest BCUT2D eigenvalue weighted by Gasteiger charge is 2.16. The van der Waals surface area contributed by atoms with Crippen molar-refractivity contribution in [3.05, 3.63) is 29.8 Å². The summed E-state index contributed by atoms with van der Waals surface area (Å²) in [5, 5.41) is 12.2. The van der Waals surface area contributed by atoms with Gasteiger partial charge in [0.15, 0.2) is 11.0 Å². The van der Waals surface area contributed by atoms with Crippen molar-refractivity contribution in [1.82, 2.24) is 20.1 Å². The molecule has 1 heterocycles. The van der Waals surface area contributed by atoms with Gasteiger partial charge in [0.1, 0.15) is 0 Å². The van der Waals surface area contributed by atoms with Crippen LogP contribution in [0.5, 0.6) is 0 Å². The van der Waals surface area contributed by atoms with E-state index in [4.69, 9.17) is 0 Å². The number of carbonyl (C=O) groups is 1. The monoisotopic (exact) mass is 360 g/mol. The predicted molar refractivity (Wildman–Crippen MR) is 104 cm³/mol.